The van der Waals surface area contributed by atoms with Gasteiger partial charge >= 0.3 is 6.18 Å². The van der Waals surface area contributed by atoms with Crippen molar-refractivity contribution in [3.8, 4) is 0 Å². The Morgan fingerprint density at radius 1 is 1.20 bits per heavy atom. The molecule has 0 radical (unpaired) electrons. The maximum atomic E-state index is 12.5. The van der Waals surface area contributed by atoms with Gasteiger partial charge in [-0.1, -0.05) is 29.0 Å². The fraction of sp³-hybridized carbons (Fsp3) is 0.333. The van der Waals surface area contributed by atoms with Crippen LogP contribution in [-0.4, -0.2) is 16.7 Å². The van der Waals surface area contributed by atoms with Gasteiger partial charge in [-0.25, -0.2) is 0 Å². The predicted molar refractivity (Wildman–Crippen MR) is 71.1 cm³/mol. The van der Waals surface area contributed by atoms with Crippen LogP contribution in [-0.2, 0) is 19.1 Å². The van der Waals surface area contributed by atoms with Crippen molar-refractivity contribution >= 4 is 28.1 Å². The van der Waals surface area contributed by atoms with E-state index < -0.39 is 11.2 Å². The van der Waals surface area contributed by atoms with Crippen molar-refractivity contribution < 1.29 is 13.2 Å². The van der Waals surface area contributed by atoms with Crippen molar-refractivity contribution in [3.63, 3.8) is 0 Å². The summed E-state index contributed by atoms with van der Waals surface area (Å²) >= 11 is 6.50. The van der Waals surface area contributed by atoms with Gasteiger partial charge in [-0.15, -0.1) is 10.2 Å². The van der Waals surface area contributed by atoms with E-state index in [1.54, 1.807) is 6.07 Å². The Labute approximate surface area is 122 Å². The average molecular weight is 320 g/mol. The molecule has 2 heterocycles. The van der Waals surface area contributed by atoms with Crippen LogP contribution in [0.3, 0.4) is 0 Å². The third-order valence-corrected chi connectivity index (χ3v) is 4.37. The van der Waals surface area contributed by atoms with E-state index in [1.165, 1.54) is 0 Å². The molecule has 0 amide bonds. The van der Waals surface area contributed by atoms with Gasteiger partial charge in [0.25, 0.3) is 0 Å². The van der Waals surface area contributed by atoms with E-state index >= 15 is 0 Å². The summed E-state index contributed by atoms with van der Waals surface area (Å²) < 4.78 is 37.6. The fourth-order valence-electron chi connectivity index (χ4n) is 2.14. The van der Waals surface area contributed by atoms with Crippen LogP contribution in [0, 0.1) is 0 Å². The van der Waals surface area contributed by atoms with Gasteiger partial charge in [0, 0.05) is 18.1 Å². The van der Waals surface area contributed by atoms with Crippen molar-refractivity contribution in [3.05, 3.63) is 39.4 Å². The molecule has 1 aliphatic heterocycles. The minimum Gasteiger partial charge on any atom is -0.342 e. The molecule has 0 atom stereocenters. The Bertz CT molecular complexity index is 641. The molecule has 0 spiro atoms. The zero-order valence-corrected chi connectivity index (χ0v) is 11.7. The van der Waals surface area contributed by atoms with Crippen molar-refractivity contribution in [1.82, 2.24) is 10.2 Å². The van der Waals surface area contributed by atoms with E-state index in [4.69, 9.17) is 11.6 Å². The third kappa shape index (κ3) is 2.60. The first-order chi connectivity index (χ1) is 9.43. The van der Waals surface area contributed by atoms with E-state index in [0.717, 1.165) is 17.5 Å². The topological polar surface area (TPSA) is 29.0 Å². The lowest BCUT2D eigenvalue weighted by Crippen LogP contribution is -2.30. The second-order valence-corrected chi connectivity index (χ2v) is 5.86. The summed E-state index contributed by atoms with van der Waals surface area (Å²) in [7, 11) is 0. The lowest BCUT2D eigenvalue weighted by molar-refractivity contribution is -0.138. The first-order valence-electron chi connectivity index (χ1n) is 5.86. The van der Waals surface area contributed by atoms with E-state index in [-0.39, 0.29) is 0 Å². The van der Waals surface area contributed by atoms with E-state index in [1.807, 2.05) is 17.0 Å². The summed E-state index contributed by atoms with van der Waals surface area (Å²) in [6.07, 6.45) is -3.70. The molecule has 2 aromatic rings. The summed E-state index contributed by atoms with van der Waals surface area (Å²) in [5, 5.41) is 6.93. The van der Waals surface area contributed by atoms with Gasteiger partial charge in [-0.2, -0.15) is 13.2 Å². The Morgan fingerprint density at radius 3 is 2.70 bits per heavy atom. The number of aromatic nitrogens is 2. The SMILES string of the molecule is FC(F)(F)c1nnc(N2CCc3cc(Cl)ccc3C2)s1. The van der Waals surface area contributed by atoms with Crippen molar-refractivity contribution in [2.45, 2.75) is 19.1 Å². The molecule has 0 bridgehead atoms. The zero-order chi connectivity index (χ0) is 14.3. The number of rotatable bonds is 1. The molecule has 1 aromatic carbocycles. The molecule has 106 valence electrons. The summed E-state index contributed by atoms with van der Waals surface area (Å²) in [6.45, 7) is 1.14. The molecule has 20 heavy (non-hydrogen) atoms. The van der Waals surface area contributed by atoms with E-state index in [0.29, 0.717) is 34.6 Å². The highest BCUT2D eigenvalue weighted by Crippen LogP contribution is 2.35. The number of benzene rings is 1. The highest BCUT2D eigenvalue weighted by atomic mass is 35.5. The summed E-state index contributed by atoms with van der Waals surface area (Å²) in [6, 6.07) is 5.58. The van der Waals surface area contributed by atoms with Gasteiger partial charge < -0.3 is 4.90 Å². The highest BCUT2D eigenvalue weighted by molar-refractivity contribution is 7.15. The molecule has 0 unspecified atom stereocenters. The predicted octanol–water partition coefficient (Wildman–Crippen LogP) is 3.77. The van der Waals surface area contributed by atoms with Gasteiger partial charge in [0.2, 0.25) is 10.1 Å². The summed E-state index contributed by atoms with van der Waals surface area (Å²) in [4.78, 5) is 1.81. The summed E-state index contributed by atoms with van der Waals surface area (Å²) in [5.41, 5.74) is 2.19. The number of nitrogens with zero attached hydrogens (tertiary/aromatic N) is 3. The highest BCUT2D eigenvalue weighted by Gasteiger charge is 2.36. The van der Waals surface area contributed by atoms with Crippen molar-refractivity contribution in [2.75, 3.05) is 11.4 Å². The molecule has 1 aromatic heterocycles. The maximum Gasteiger partial charge on any atom is 0.445 e. The fourth-order valence-corrected chi connectivity index (χ4v) is 3.07. The largest absolute Gasteiger partial charge is 0.445 e. The van der Waals surface area contributed by atoms with Crippen LogP contribution in [0.15, 0.2) is 18.2 Å². The minimum absolute atomic E-state index is 0.304. The first-order valence-corrected chi connectivity index (χ1v) is 7.06. The molecule has 8 heteroatoms. The molecule has 3 rings (SSSR count). The minimum atomic E-state index is -4.43. The van der Waals surface area contributed by atoms with Crippen molar-refractivity contribution in [2.24, 2.45) is 0 Å². The number of anilines is 1. The van der Waals surface area contributed by atoms with Crippen LogP contribution in [0.4, 0.5) is 18.3 Å². The smallest absolute Gasteiger partial charge is 0.342 e. The van der Waals surface area contributed by atoms with Crippen LogP contribution in [0.25, 0.3) is 0 Å². The lowest BCUT2D eigenvalue weighted by Gasteiger charge is -2.28. The zero-order valence-electron chi connectivity index (χ0n) is 10.1. The third-order valence-electron chi connectivity index (χ3n) is 3.11. The quantitative estimate of drug-likeness (QED) is 0.801. The van der Waals surface area contributed by atoms with E-state index in [2.05, 4.69) is 10.2 Å². The van der Waals surface area contributed by atoms with Crippen LogP contribution >= 0.6 is 22.9 Å². The van der Waals surface area contributed by atoms with Crippen LogP contribution < -0.4 is 4.90 Å². The second kappa shape index (κ2) is 4.89. The molecule has 1 aliphatic rings. The molecule has 0 saturated carbocycles. The van der Waals surface area contributed by atoms with Crippen LogP contribution in [0.2, 0.25) is 5.02 Å². The van der Waals surface area contributed by atoms with Gasteiger partial charge in [0.05, 0.1) is 0 Å². The van der Waals surface area contributed by atoms with Crippen molar-refractivity contribution in [1.29, 1.82) is 0 Å². The number of halogens is 4. The molecule has 0 saturated heterocycles. The lowest BCUT2D eigenvalue weighted by atomic mass is 10.0. The molecule has 0 aliphatic carbocycles. The number of fused-ring (bicyclic) bond motifs is 1. The normalized spacial score (nSPS) is 15.3. The number of hydrogen-bond acceptors (Lipinski definition) is 4. The Hall–Kier alpha value is -1.34. The van der Waals surface area contributed by atoms with Crippen LogP contribution in [0.5, 0.6) is 0 Å². The summed E-state index contributed by atoms with van der Waals surface area (Å²) in [5.74, 6) is 0. The Balaban J connectivity index is 1.83. The maximum absolute atomic E-state index is 12.5. The van der Waals surface area contributed by atoms with Gasteiger partial charge in [-0.3, -0.25) is 0 Å². The van der Waals surface area contributed by atoms with Gasteiger partial charge in [0.1, 0.15) is 0 Å². The molecular formula is C12H9ClF3N3S. The first kappa shape index (κ1) is 13.6. The molecule has 0 fully saturated rings. The molecular weight excluding hydrogens is 311 g/mol. The Morgan fingerprint density at radius 2 is 2.00 bits per heavy atom. The molecule has 0 N–H and O–H groups in total. The van der Waals surface area contributed by atoms with Gasteiger partial charge in [0.15, 0.2) is 0 Å². The standard InChI is InChI=1S/C12H9ClF3N3S/c13-9-2-1-8-6-19(4-3-7(8)5-9)11-18-17-10(20-11)12(14,15)16/h1-2,5H,3-4,6H2. The van der Waals surface area contributed by atoms with E-state index in [9.17, 15) is 13.2 Å². The number of alkyl halides is 3. The second-order valence-electron chi connectivity index (χ2n) is 4.47. The molecule has 3 nitrogen and oxygen atoms in total. The van der Waals surface area contributed by atoms with Gasteiger partial charge in [-0.05, 0) is 29.7 Å². The average Bonchev–Trinajstić information content (AvgIpc) is 2.87. The van der Waals surface area contributed by atoms with Crippen LogP contribution in [0.1, 0.15) is 16.1 Å². The monoisotopic (exact) mass is 319 g/mol. The number of hydrogen-bond donors (Lipinski definition) is 0. The Kier molecular flexibility index (Phi) is 3.33.